The summed E-state index contributed by atoms with van der Waals surface area (Å²) in [5.74, 6) is 0. The lowest BCUT2D eigenvalue weighted by atomic mass is 10.0. The fourth-order valence-electron chi connectivity index (χ4n) is 2.43. The molecule has 19 heavy (non-hydrogen) atoms. The van der Waals surface area contributed by atoms with Crippen LogP contribution in [0.25, 0.3) is 22.3 Å². The minimum absolute atomic E-state index is 0.478. The van der Waals surface area contributed by atoms with Crippen LogP contribution in [0.2, 0.25) is 5.15 Å². The molecule has 4 nitrogen and oxygen atoms in total. The summed E-state index contributed by atoms with van der Waals surface area (Å²) in [6.45, 7) is 4.09. The highest BCUT2D eigenvalue weighted by Crippen LogP contribution is 2.32. The van der Waals surface area contributed by atoms with E-state index in [1.807, 2.05) is 36.9 Å². The van der Waals surface area contributed by atoms with Crippen molar-refractivity contribution in [3.8, 4) is 11.3 Å². The van der Waals surface area contributed by atoms with Crippen LogP contribution in [-0.4, -0.2) is 19.5 Å². The maximum Gasteiger partial charge on any atom is 0.145 e. The first-order valence-corrected chi connectivity index (χ1v) is 6.36. The molecule has 96 valence electrons. The van der Waals surface area contributed by atoms with E-state index in [2.05, 4.69) is 21.9 Å². The quantitative estimate of drug-likeness (QED) is 0.639. The van der Waals surface area contributed by atoms with Crippen molar-refractivity contribution in [1.82, 2.24) is 19.5 Å². The van der Waals surface area contributed by atoms with Gasteiger partial charge in [0.15, 0.2) is 0 Å². The first-order valence-electron chi connectivity index (χ1n) is 5.98. The van der Waals surface area contributed by atoms with Gasteiger partial charge in [-0.2, -0.15) is 0 Å². The van der Waals surface area contributed by atoms with Crippen molar-refractivity contribution in [3.63, 3.8) is 0 Å². The van der Waals surface area contributed by atoms with Crippen molar-refractivity contribution >= 4 is 22.6 Å². The van der Waals surface area contributed by atoms with E-state index in [1.54, 1.807) is 0 Å². The molecular weight excluding hydrogens is 260 g/mol. The standard InChI is InChI=1S/C14H13ClN4/c1-8-4-5-16-9(2)12(8)11-6-10-13(15)17-7-18-14(10)19(11)3/h4-7H,1-3H3. The number of aromatic nitrogens is 4. The Kier molecular flexibility index (Phi) is 2.75. The fraction of sp³-hybridized carbons (Fsp3) is 0.214. The molecule has 3 aromatic heterocycles. The van der Waals surface area contributed by atoms with Gasteiger partial charge in [-0.1, -0.05) is 11.6 Å². The third-order valence-corrected chi connectivity index (χ3v) is 3.68. The summed E-state index contributed by atoms with van der Waals surface area (Å²) in [6.07, 6.45) is 3.31. The highest BCUT2D eigenvalue weighted by Gasteiger charge is 2.15. The van der Waals surface area contributed by atoms with Crippen molar-refractivity contribution in [3.05, 3.63) is 41.1 Å². The van der Waals surface area contributed by atoms with Gasteiger partial charge in [0.05, 0.1) is 11.1 Å². The van der Waals surface area contributed by atoms with Gasteiger partial charge >= 0.3 is 0 Å². The van der Waals surface area contributed by atoms with Gasteiger partial charge < -0.3 is 4.57 Å². The number of pyridine rings is 1. The van der Waals surface area contributed by atoms with Crippen molar-refractivity contribution < 1.29 is 0 Å². The number of rotatable bonds is 1. The summed E-state index contributed by atoms with van der Waals surface area (Å²) in [5.41, 5.74) is 5.19. The first kappa shape index (κ1) is 12.1. The molecule has 0 spiro atoms. The molecule has 0 aliphatic heterocycles. The average Bonchev–Trinajstić information content (AvgIpc) is 2.69. The molecular formula is C14H13ClN4. The lowest BCUT2D eigenvalue weighted by molar-refractivity contribution is 0.946. The number of hydrogen-bond donors (Lipinski definition) is 0. The number of nitrogens with zero attached hydrogens (tertiary/aromatic N) is 4. The Labute approximate surface area is 116 Å². The second kappa shape index (κ2) is 4.31. The topological polar surface area (TPSA) is 43.6 Å². The van der Waals surface area contributed by atoms with Crippen molar-refractivity contribution in [2.75, 3.05) is 0 Å². The van der Waals surface area contributed by atoms with Crippen molar-refractivity contribution in [2.24, 2.45) is 7.05 Å². The van der Waals surface area contributed by atoms with E-state index in [1.165, 1.54) is 11.9 Å². The first-order chi connectivity index (χ1) is 9.09. The average molecular weight is 273 g/mol. The molecule has 0 aromatic carbocycles. The molecule has 0 unspecified atom stereocenters. The summed E-state index contributed by atoms with van der Waals surface area (Å²) in [6, 6.07) is 4.03. The molecule has 3 heterocycles. The van der Waals surface area contributed by atoms with Crippen LogP contribution in [0.4, 0.5) is 0 Å². The van der Waals surface area contributed by atoms with Gasteiger partial charge in [0, 0.05) is 24.5 Å². The van der Waals surface area contributed by atoms with Crippen LogP contribution in [0.5, 0.6) is 0 Å². The van der Waals surface area contributed by atoms with Crippen LogP contribution in [0.1, 0.15) is 11.3 Å². The molecule has 0 fully saturated rings. The maximum absolute atomic E-state index is 6.13. The largest absolute Gasteiger partial charge is 0.328 e. The van der Waals surface area contributed by atoms with Crippen LogP contribution >= 0.6 is 11.6 Å². The molecule has 0 bridgehead atoms. The Morgan fingerprint density at radius 2 is 1.95 bits per heavy atom. The van der Waals surface area contributed by atoms with E-state index >= 15 is 0 Å². The second-order valence-corrected chi connectivity index (χ2v) is 4.94. The molecule has 3 aromatic rings. The number of fused-ring (bicyclic) bond motifs is 1. The monoisotopic (exact) mass is 272 g/mol. The molecule has 3 rings (SSSR count). The number of aryl methyl sites for hydroxylation is 3. The molecule has 0 saturated carbocycles. The summed E-state index contributed by atoms with van der Waals surface area (Å²) in [4.78, 5) is 12.7. The zero-order valence-corrected chi connectivity index (χ0v) is 11.7. The summed E-state index contributed by atoms with van der Waals surface area (Å²) in [5, 5.41) is 1.34. The second-order valence-electron chi connectivity index (χ2n) is 4.58. The van der Waals surface area contributed by atoms with Gasteiger partial charge in [-0.05, 0) is 31.5 Å². The molecule has 0 aliphatic carbocycles. The van der Waals surface area contributed by atoms with Gasteiger partial charge in [0.25, 0.3) is 0 Å². The van der Waals surface area contributed by atoms with Crippen LogP contribution in [0.15, 0.2) is 24.7 Å². The van der Waals surface area contributed by atoms with Crippen LogP contribution < -0.4 is 0 Å². The third-order valence-electron chi connectivity index (χ3n) is 3.38. The number of halogens is 1. The summed E-state index contributed by atoms with van der Waals surface area (Å²) >= 11 is 6.13. The third kappa shape index (κ3) is 1.79. The predicted molar refractivity (Wildman–Crippen MR) is 76.2 cm³/mol. The van der Waals surface area contributed by atoms with E-state index in [9.17, 15) is 0 Å². The summed E-state index contributed by atoms with van der Waals surface area (Å²) in [7, 11) is 1.98. The van der Waals surface area contributed by atoms with E-state index in [0.717, 1.165) is 28.0 Å². The van der Waals surface area contributed by atoms with Crippen LogP contribution in [0.3, 0.4) is 0 Å². The van der Waals surface area contributed by atoms with Crippen molar-refractivity contribution in [2.45, 2.75) is 13.8 Å². The van der Waals surface area contributed by atoms with E-state index in [4.69, 9.17) is 11.6 Å². The Hall–Kier alpha value is -1.94. The molecule has 0 N–H and O–H groups in total. The maximum atomic E-state index is 6.13. The molecule has 5 heteroatoms. The van der Waals surface area contributed by atoms with Gasteiger partial charge in [0.1, 0.15) is 17.1 Å². The van der Waals surface area contributed by atoms with Crippen LogP contribution in [0, 0.1) is 13.8 Å². The smallest absolute Gasteiger partial charge is 0.145 e. The van der Waals surface area contributed by atoms with E-state index in [-0.39, 0.29) is 0 Å². The van der Waals surface area contributed by atoms with Gasteiger partial charge in [-0.25, -0.2) is 9.97 Å². The van der Waals surface area contributed by atoms with Gasteiger partial charge in [0.2, 0.25) is 0 Å². The predicted octanol–water partition coefficient (Wildman–Crippen LogP) is 3.30. The zero-order chi connectivity index (χ0) is 13.6. The van der Waals surface area contributed by atoms with E-state index in [0.29, 0.717) is 5.15 Å². The minimum Gasteiger partial charge on any atom is -0.328 e. The Morgan fingerprint density at radius 3 is 2.63 bits per heavy atom. The Balaban J connectivity index is 2.38. The number of hydrogen-bond acceptors (Lipinski definition) is 3. The van der Waals surface area contributed by atoms with Crippen molar-refractivity contribution in [1.29, 1.82) is 0 Å². The summed E-state index contributed by atoms with van der Waals surface area (Å²) < 4.78 is 2.03. The molecule has 0 radical (unpaired) electrons. The fourth-order valence-corrected chi connectivity index (χ4v) is 2.61. The lowest BCUT2D eigenvalue weighted by Crippen LogP contribution is -1.98. The van der Waals surface area contributed by atoms with Crippen LogP contribution in [-0.2, 0) is 7.05 Å². The van der Waals surface area contributed by atoms with Gasteiger partial charge in [-0.15, -0.1) is 0 Å². The highest BCUT2D eigenvalue weighted by atomic mass is 35.5. The molecule has 0 saturated heterocycles. The van der Waals surface area contributed by atoms with E-state index < -0.39 is 0 Å². The highest BCUT2D eigenvalue weighted by molar-refractivity contribution is 6.34. The molecule has 0 amide bonds. The van der Waals surface area contributed by atoms with Gasteiger partial charge in [-0.3, -0.25) is 4.98 Å². The normalized spacial score (nSPS) is 11.2. The molecule has 0 aliphatic rings. The lowest BCUT2D eigenvalue weighted by Gasteiger charge is -2.09. The Bertz CT molecular complexity index is 756. The molecule has 0 atom stereocenters. The minimum atomic E-state index is 0.478. The SMILES string of the molecule is Cc1ccnc(C)c1-c1cc2c(Cl)ncnc2n1C. The zero-order valence-electron chi connectivity index (χ0n) is 11.0. The Morgan fingerprint density at radius 1 is 1.16 bits per heavy atom.